The number of nitrogens with one attached hydrogen (secondary N) is 1. The van der Waals surface area contributed by atoms with Crippen LogP contribution in [-0.2, 0) is 6.54 Å². The SMILES string of the molecule is C=CCn1ncc(NCCCN(C)C(C)C)c(Cl)c1=O. The lowest BCUT2D eigenvalue weighted by Gasteiger charge is -2.20. The largest absolute Gasteiger partial charge is 0.382 e. The van der Waals surface area contributed by atoms with Gasteiger partial charge in [0.1, 0.15) is 5.02 Å². The molecule has 0 aliphatic rings. The zero-order valence-electron chi connectivity index (χ0n) is 12.4. The Bertz CT molecular complexity index is 498. The summed E-state index contributed by atoms with van der Waals surface area (Å²) in [4.78, 5) is 14.1. The molecule has 0 radical (unpaired) electrons. The molecular weight excluding hydrogens is 276 g/mol. The predicted molar refractivity (Wildman–Crippen MR) is 84.6 cm³/mol. The van der Waals surface area contributed by atoms with Crippen molar-refractivity contribution in [1.82, 2.24) is 14.7 Å². The Hall–Kier alpha value is -1.33. The van der Waals surface area contributed by atoms with Crippen LogP contribution in [-0.4, -0.2) is 40.9 Å². The average molecular weight is 299 g/mol. The van der Waals surface area contributed by atoms with Gasteiger partial charge >= 0.3 is 0 Å². The van der Waals surface area contributed by atoms with Gasteiger partial charge in [0.15, 0.2) is 0 Å². The summed E-state index contributed by atoms with van der Waals surface area (Å²) in [5.41, 5.74) is 0.292. The Balaban J connectivity index is 2.55. The number of nitrogens with zero attached hydrogens (tertiary/aromatic N) is 3. The zero-order valence-corrected chi connectivity index (χ0v) is 13.2. The van der Waals surface area contributed by atoms with Crippen LogP contribution in [0.5, 0.6) is 0 Å². The molecule has 0 aliphatic heterocycles. The fraction of sp³-hybridized carbons (Fsp3) is 0.571. The highest BCUT2D eigenvalue weighted by Crippen LogP contribution is 2.15. The maximum absolute atomic E-state index is 11.9. The van der Waals surface area contributed by atoms with Crippen LogP contribution < -0.4 is 10.9 Å². The van der Waals surface area contributed by atoms with E-state index < -0.39 is 0 Å². The van der Waals surface area contributed by atoms with Crippen LogP contribution in [0.2, 0.25) is 5.02 Å². The number of halogens is 1. The number of hydrogen-bond donors (Lipinski definition) is 1. The third-order valence-electron chi connectivity index (χ3n) is 3.17. The first-order chi connectivity index (χ1) is 9.47. The molecule has 0 unspecified atom stereocenters. The van der Waals surface area contributed by atoms with Gasteiger partial charge in [-0.1, -0.05) is 17.7 Å². The van der Waals surface area contributed by atoms with Gasteiger partial charge in [-0.05, 0) is 33.9 Å². The van der Waals surface area contributed by atoms with Gasteiger partial charge in [0.25, 0.3) is 5.56 Å². The van der Waals surface area contributed by atoms with Gasteiger partial charge < -0.3 is 10.2 Å². The van der Waals surface area contributed by atoms with Crippen molar-refractivity contribution >= 4 is 17.3 Å². The van der Waals surface area contributed by atoms with Crippen LogP contribution >= 0.6 is 11.6 Å². The molecule has 1 rings (SSSR count). The summed E-state index contributed by atoms with van der Waals surface area (Å²) in [7, 11) is 2.09. The quantitative estimate of drug-likeness (QED) is 0.591. The number of anilines is 1. The Labute approximate surface area is 125 Å². The van der Waals surface area contributed by atoms with E-state index in [1.54, 1.807) is 12.3 Å². The summed E-state index contributed by atoms with van der Waals surface area (Å²) in [6.07, 6.45) is 4.17. The Morgan fingerprint density at radius 1 is 1.60 bits per heavy atom. The van der Waals surface area contributed by atoms with Gasteiger partial charge in [0.2, 0.25) is 0 Å². The highest BCUT2D eigenvalue weighted by molar-refractivity contribution is 6.32. The van der Waals surface area contributed by atoms with Crippen LogP contribution in [0.15, 0.2) is 23.6 Å². The number of aromatic nitrogens is 2. The minimum absolute atomic E-state index is 0.180. The normalized spacial score (nSPS) is 11.1. The molecule has 0 saturated heterocycles. The topological polar surface area (TPSA) is 50.2 Å². The van der Waals surface area contributed by atoms with Gasteiger partial charge in [-0.15, -0.1) is 6.58 Å². The second kappa shape index (κ2) is 8.07. The van der Waals surface area contributed by atoms with Crippen molar-refractivity contribution in [1.29, 1.82) is 0 Å². The van der Waals surface area contributed by atoms with E-state index in [0.29, 0.717) is 18.3 Å². The molecular formula is C14H23ClN4O. The lowest BCUT2D eigenvalue weighted by molar-refractivity contribution is 0.273. The van der Waals surface area contributed by atoms with Gasteiger partial charge in [0, 0.05) is 12.6 Å². The molecule has 20 heavy (non-hydrogen) atoms. The van der Waals surface area contributed by atoms with Crippen molar-refractivity contribution in [2.24, 2.45) is 0 Å². The second-order valence-electron chi connectivity index (χ2n) is 5.00. The standard InChI is InChI=1S/C14H23ClN4O/c1-5-8-19-14(20)13(15)12(10-17-19)16-7-6-9-18(4)11(2)3/h5,10-11,16H,1,6-9H2,2-4H3. The first kappa shape index (κ1) is 16.7. The Morgan fingerprint density at radius 3 is 2.90 bits per heavy atom. The van der Waals surface area contributed by atoms with Crippen LogP contribution in [0.3, 0.4) is 0 Å². The molecule has 0 amide bonds. The number of rotatable bonds is 8. The van der Waals surface area contributed by atoms with E-state index in [1.807, 2.05) is 0 Å². The molecule has 6 heteroatoms. The van der Waals surface area contributed by atoms with E-state index in [4.69, 9.17) is 11.6 Å². The van der Waals surface area contributed by atoms with E-state index in [0.717, 1.165) is 19.5 Å². The molecule has 1 N–H and O–H groups in total. The van der Waals surface area contributed by atoms with Crippen LogP contribution in [0, 0.1) is 0 Å². The molecule has 1 aromatic rings. The van der Waals surface area contributed by atoms with Crippen LogP contribution in [0.1, 0.15) is 20.3 Å². The molecule has 1 heterocycles. The summed E-state index contributed by atoms with van der Waals surface area (Å²) < 4.78 is 1.28. The molecule has 0 aliphatic carbocycles. The summed E-state index contributed by atoms with van der Waals surface area (Å²) in [5, 5.41) is 7.38. The summed E-state index contributed by atoms with van der Waals surface area (Å²) in [6.45, 7) is 10.00. The molecule has 0 spiro atoms. The van der Waals surface area contributed by atoms with Crippen molar-refractivity contribution < 1.29 is 0 Å². The summed E-state index contributed by atoms with van der Waals surface area (Å²) >= 11 is 6.05. The van der Waals surface area contributed by atoms with E-state index >= 15 is 0 Å². The Morgan fingerprint density at radius 2 is 2.30 bits per heavy atom. The average Bonchev–Trinajstić information content (AvgIpc) is 2.41. The van der Waals surface area contributed by atoms with E-state index in [1.165, 1.54) is 4.68 Å². The third kappa shape index (κ3) is 4.65. The summed E-state index contributed by atoms with van der Waals surface area (Å²) in [5.74, 6) is 0. The van der Waals surface area contributed by atoms with Gasteiger partial charge in [-0.25, -0.2) is 4.68 Å². The van der Waals surface area contributed by atoms with Crippen molar-refractivity contribution in [2.45, 2.75) is 32.9 Å². The minimum atomic E-state index is -0.295. The molecule has 112 valence electrons. The zero-order chi connectivity index (χ0) is 15.1. The summed E-state index contributed by atoms with van der Waals surface area (Å²) in [6, 6.07) is 0.531. The highest BCUT2D eigenvalue weighted by atomic mass is 35.5. The van der Waals surface area contributed by atoms with E-state index in [2.05, 4.69) is 42.8 Å². The lowest BCUT2D eigenvalue weighted by Crippen LogP contribution is -2.28. The molecule has 0 atom stereocenters. The van der Waals surface area contributed by atoms with E-state index in [-0.39, 0.29) is 10.6 Å². The van der Waals surface area contributed by atoms with Gasteiger partial charge in [0.05, 0.1) is 18.4 Å². The van der Waals surface area contributed by atoms with E-state index in [9.17, 15) is 4.79 Å². The third-order valence-corrected chi connectivity index (χ3v) is 3.54. The molecule has 1 aromatic heterocycles. The Kier molecular flexibility index (Phi) is 6.75. The van der Waals surface area contributed by atoms with Crippen LogP contribution in [0.4, 0.5) is 5.69 Å². The molecule has 0 aromatic carbocycles. The second-order valence-corrected chi connectivity index (χ2v) is 5.38. The molecule has 5 nitrogen and oxygen atoms in total. The fourth-order valence-corrected chi connectivity index (χ4v) is 1.86. The predicted octanol–water partition coefficient (Wildman–Crippen LogP) is 2.22. The first-order valence-electron chi connectivity index (χ1n) is 6.78. The smallest absolute Gasteiger partial charge is 0.287 e. The van der Waals surface area contributed by atoms with Crippen molar-refractivity contribution in [3.8, 4) is 0 Å². The molecule has 0 fully saturated rings. The van der Waals surface area contributed by atoms with Crippen LogP contribution in [0.25, 0.3) is 0 Å². The van der Waals surface area contributed by atoms with Crippen molar-refractivity contribution in [2.75, 3.05) is 25.5 Å². The maximum atomic E-state index is 11.9. The molecule has 0 bridgehead atoms. The van der Waals surface area contributed by atoms with Gasteiger partial charge in [-0.3, -0.25) is 4.79 Å². The first-order valence-corrected chi connectivity index (χ1v) is 7.15. The molecule has 0 saturated carbocycles. The van der Waals surface area contributed by atoms with Crippen molar-refractivity contribution in [3.05, 3.63) is 34.2 Å². The van der Waals surface area contributed by atoms with Crippen molar-refractivity contribution in [3.63, 3.8) is 0 Å². The number of allylic oxidation sites excluding steroid dienone is 1. The number of hydrogen-bond acceptors (Lipinski definition) is 4. The van der Waals surface area contributed by atoms with Gasteiger partial charge in [-0.2, -0.15) is 5.10 Å². The highest BCUT2D eigenvalue weighted by Gasteiger charge is 2.08. The minimum Gasteiger partial charge on any atom is -0.382 e. The fourth-order valence-electron chi connectivity index (χ4n) is 1.65. The monoisotopic (exact) mass is 298 g/mol. The maximum Gasteiger partial charge on any atom is 0.287 e. The lowest BCUT2D eigenvalue weighted by atomic mass is 10.3.